The second-order valence-electron chi connectivity index (χ2n) is 4.51. The van der Waals surface area contributed by atoms with Crippen molar-refractivity contribution in [1.82, 2.24) is 0 Å². The lowest BCUT2D eigenvalue weighted by molar-refractivity contribution is 0.147. The van der Waals surface area contributed by atoms with Crippen molar-refractivity contribution in [2.75, 3.05) is 6.54 Å². The average Bonchev–Trinajstić information content (AvgIpc) is 2.44. The molecule has 2 aromatic carbocycles. The van der Waals surface area contributed by atoms with Crippen LogP contribution in [0.2, 0.25) is 10.0 Å². The van der Waals surface area contributed by atoms with E-state index in [1.54, 1.807) is 18.2 Å². The van der Waals surface area contributed by atoms with Crippen molar-refractivity contribution in [3.63, 3.8) is 0 Å². The summed E-state index contributed by atoms with van der Waals surface area (Å²) >= 11 is 15.3. The van der Waals surface area contributed by atoms with Crippen molar-refractivity contribution < 1.29 is 5.11 Å². The zero-order chi connectivity index (χ0) is 14.7. The van der Waals surface area contributed by atoms with E-state index in [9.17, 15) is 5.11 Å². The molecule has 0 spiro atoms. The minimum atomic E-state index is -0.726. The Morgan fingerprint density at radius 2 is 1.60 bits per heavy atom. The van der Waals surface area contributed by atoms with E-state index in [2.05, 4.69) is 15.9 Å². The molecule has 20 heavy (non-hydrogen) atoms. The standard InChI is InChI=1S/C15H14BrCl2NO/c16-11-4-1-9(2-5-11)12(8-19)15(20)10-3-6-13(17)14(18)7-10/h1-7,12,15,20H,8,19H2. The van der Waals surface area contributed by atoms with Crippen molar-refractivity contribution in [1.29, 1.82) is 0 Å². The SMILES string of the molecule is NCC(c1ccc(Br)cc1)C(O)c1ccc(Cl)c(Cl)c1. The molecule has 0 amide bonds. The number of nitrogens with two attached hydrogens (primary N) is 1. The quantitative estimate of drug-likeness (QED) is 0.825. The van der Waals surface area contributed by atoms with Crippen molar-refractivity contribution in [2.45, 2.75) is 12.0 Å². The van der Waals surface area contributed by atoms with Gasteiger partial charge in [-0.2, -0.15) is 0 Å². The third kappa shape index (κ3) is 3.54. The lowest BCUT2D eigenvalue weighted by atomic mass is 9.89. The molecule has 0 aliphatic rings. The minimum absolute atomic E-state index is 0.194. The molecule has 0 bridgehead atoms. The Morgan fingerprint density at radius 1 is 1.00 bits per heavy atom. The van der Waals surface area contributed by atoms with Crippen molar-refractivity contribution in [3.8, 4) is 0 Å². The molecule has 0 aliphatic carbocycles. The van der Waals surface area contributed by atoms with Gasteiger partial charge in [0.1, 0.15) is 0 Å². The summed E-state index contributed by atoms with van der Waals surface area (Å²) in [6.45, 7) is 0.336. The van der Waals surface area contributed by atoms with Crippen LogP contribution in [0.15, 0.2) is 46.9 Å². The number of halogens is 3. The lowest BCUT2D eigenvalue weighted by Crippen LogP contribution is -2.20. The molecule has 2 rings (SSSR count). The van der Waals surface area contributed by atoms with E-state index in [4.69, 9.17) is 28.9 Å². The van der Waals surface area contributed by atoms with Crippen LogP contribution in [0.3, 0.4) is 0 Å². The summed E-state index contributed by atoms with van der Waals surface area (Å²) in [6, 6.07) is 12.9. The van der Waals surface area contributed by atoms with Gasteiger partial charge in [-0.3, -0.25) is 0 Å². The molecule has 106 valence electrons. The fourth-order valence-electron chi connectivity index (χ4n) is 2.09. The number of hydrogen-bond acceptors (Lipinski definition) is 2. The van der Waals surface area contributed by atoms with Crippen LogP contribution in [-0.4, -0.2) is 11.7 Å². The largest absolute Gasteiger partial charge is 0.388 e. The van der Waals surface area contributed by atoms with Crippen LogP contribution in [0.5, 0.6) is 0 Å². The van der Waals surface area contributed by atoms with Crippen LogP contribution in [0.1, 0.15) is 23.1 Å². The van der Waals surface area contributed by atoms with Gasteiger partial charge in [0.05, 0.1) is 16.1 Å². The van der Waals surface area contributed by atoms with E-state index in [0.717, 1.165) is 10.0 Å². The Hall–Kier alpha value is -0.580. The van der Waals surface area contributed by atoms with Crippen molar-refractivity contribution in [3.05, 3.63) is 68.1 Å². The zero-order valence-corrected chi connectivity index (χ0v) is 13.7. The van der Waals surface area contributed by atoms with Crippen LogP contribution < -0.4 is 5.73 Å². The summed E-state index contributed by atoms with van der Waals surface area (Å²) in [4.78, 5) is 0. The summed E-state index contributed by atoms with van der Waals surface area (Å²) in [5, 5.41) is 11.4. The second-order valence-corrected chi connectivity index (χ2v) is 6.24. The maximum atomic E-state index is 10.5. The summed E-state index contributed by atoms with van der Waals surface area (Å²) in [7, 11) is 0. The second kappa shape index (κ2) is 6.92. The van der Waals surface area contributed by atoms with E-state index in [-0.39, 0.29) is 5.92 Å². The molecule has 0 saturated heterocycles. The first-order chi connectivity index (χ1) is 9.52. The fraction of sp³-hybridized carbons (Fsp3) is 0.200. The third-order valence-corrected chi connectivity index (χ3v) is 4.49. The van der Waals surface area contributed by atoms with E-state index < -0.39 is 6.10 Å². The molecule has 2 aromatic rings. The number of benzene rings is 2. The molecule has 0 fully saturated rings. The average molecular weight is 375 g/mol. The van der Waals surface area contributed by atoms with Gasteiger partial charge in [-0.25, -0.2) is 0 Å². The monoisotopic (exact) mass is 373 g/mol. The summed E-state index contributed by atoms with van der Waals surface area (Å²) < 4.78 is 0.987. The molecule has 3 N–H and O–H groups in total. The molecule has 0 aromatic heterocycles. The van der Waals surface area contributed by atoms with Gasteiger partial charge in [-0.05, 0) is 35.4 Å². The summed E-state index contributed by atoms with van der Waals surface area (Å²) in [6.07, 6.45) is -0.726. The van der Waals surface area contributed by atoms with Gasteiger partial charge in [0.2, 0.25) is 0 Å². The van der Waals surface area contributed by atoms with Gasteiger partial charge in [0, 0.05) is 16.9 Å². The first-order valence-corrected chi connectivity index (χ1v) is 7.66. The Morgan fingerprint density at radius 3 is 2.15 bits per heavy atom. The Kier molecular flexibility index (Phi) is 5.47. The van der Waals surface area contributed by atoms with Crippen molar-refractivity contribution >= 4 is 39.1 Å². The van der Waals surface area contributed by atoms with Crippen LogP contribution in [0.25, 0.3) is 0 Å². The molecule has 0 aliphatic heterocycles. The Labute approximate surface area is 136 Å². The number of rotatable bonds is 4. The number of aliphatic hydroxyl groups is 1. The summed E-state index contributed by atoms with van der Waals surface area (Å²) in [5.74, 6) is -0.194. The highest BCUT2D eigenvalue weighted by atomic mass is 79.9. The zero-order valence-electron chi connectivity index (χ0n) is 10.6. The molecule has 0 radical (unpaired) electrons. The van der Waals surface area contributed by atoms with Crippen molar-refractivity contribution in [2.24, 2.45) is 5.73 Å². The smallest absolute Gasteiger partial charge is 0.0871 e. The van der Waals surface area contributed by atoms with Crippen LogP contribution in [0.4, 0.5) is 0 Å². The molecule has 2 unspecified atom stereocenters. The van der Waals surface area contributed by atoms with Crippen LogP contribution in [-0.2, 0) is 0 Å². The first kappa shape index (κ1) is 15.8. The molecule has 2 atom stereocenters. The van der Waals surface area contributed by atoms with Crippen LogP contribution in [0, 0.1) is 0 Å². The normalized spacial score (nSPS) is 14.1. The molecule has 0 saturated carbocycles. The Bertz CT molecular complexity index is 589. The van der Waals surface area contributed by atoms with Gasteiger partial charge < -0.3 is 10.8 Å². The van der Waals surface area contributed by atoms with Gasteiger partial charge in [0.15, 0.2) is 0 Å². The minimum Gasteiger partial charge on any atom is -0.388 e. The molecular weight excluding hydrogens is 361 g/mol. The highest BCUT2D eigenvalue weighted by Gasteiger charge is 2.22. The van der Waals surface area contributed by atoms with E-state index in [0.29, 0.717) is 22.2 Å². The maximum absolute atomic E-state index is 10.5. The highest BCUT2D eigenvalue weighted by Crippen LogP contribution is 2.33. The maximum Gasteiger partial charge on any atom is 0.0871 e. The van der Waals surface area contributed by atoms with E-state index in [1.165, 1.54) is 0 Å². The predicted molar refractivity (Wildman–Crippen MR) is 87.4 cm³/mol. The molecule has 0 heterocycles. The molecule has 2 nitrogen and oxygen atoms in total. The van der Waals surface area contributed by atoms with Crippen LogP contribution >= 0.6 is 39.1 Å². The number of hydrogen-bond donors (Lipinski definition) is 2. The van der Waals surface area contributed by atoms with E-state index in [1.807, 2.05) is 24.3 Å². The third-order valence-electron chi connectivity index (χ3n) is 3.22. The van der Waals surface area contributed by atoms with Gasteiger partial charge in [-0.1, -0.05) is 57.3 Å². The van der Waals surface area contributed by atoms with Gasteiger partial charge in [-0.15, -0.1) is 0 Å². The molecular formula is C15H14BrCl2NO. The fourth-order valence-corrected chi connectivity index (χ4v) is 2.66. The topological polar surface area (TPSA) is 46.2 Å². The summed E-state index contributed by atoms with van der Waals surface area (Å²) in [5.41, 5.74) is 7.51. The Balaban J connectivity index is 2.30. The molecule has 5 heteroatoms. The first-order valence-electron chi connectivity index (χ1n) is 6.11. The number of aliphatic hydroxyl groups excluding tert-OH is 1. The van der Waals surface area contributed by atoms with E-state index >= 15 is 0 Å². The lowest BCUT2D eigenvalue weighted by Gasteiger charge is -2.22. The van der Waals surface area contributed by atoms with Gasteiger partial charge >= 0.3 is 0 Å². The predicted octanol–water partition coefficient (Wildman–Crippen LogP) is 4.53. The van der Waals surface area contributed by atoms with Gasteiger partial charge in [0.25, 0.3) is 0 Å². The highest BCUT2D eigenvalue weighted by molar-refractivity contribution is 9.10.